The van der Waals surface area contributed by atoms with Gasteiger partial charge in [-0.3, -0.25) is 19.2 Å². The van der Waals surface area contributed by atoms with Gasteiger partial charge in [-0.15, -0.1) is 0 Å². The van der Waals surface area contributed by atoms with Crippen molar-refractivity contribution in [2.45, 2.75) is 26.3 Å². The molecule has 3 amide bonds. The number of imide groups is 1. The molecule has 0 radical (unpaired) electrons. The van der Waals surface area contributed by atoms with Crippen LogP contribution in [0.5, 0.6) is 5.75 Å². The predicted octanol–water partition coefficient (Wildman–Crippen LogP) is 4.17. The molecule has 34 heavy (non-hydrogen) atoms. The zero-order chi connectivity index (χ0) is 24.6. The van der Waals surface area contributed by atoms with Gasteiger partial charge in [0.15, 0.2) is 5.78 Å². The molecule has 1 fully saturated rings. The maximum Gasteiger partial charge on any atom is 0.273 e. The van der Waals surface area contributed by atoms with Gasteiger partial charge >= 0.3 is 0 Å². The number of hydrazine groups is 1. The van der Waals surface area contributed by atoms with Crippen molar-refractivity contribution in [2.75, 3.05) is 7.11 Å². The number of amides is 3. The third-order valence-electron chi connectivity index (χ3n) is 6.49. The van der Waals surface area contributed by atoms with Crippen LogP contribution in [0.15, 0.2) is 60.7 Å². The molecular formula is C26H25ClN2O5. The highest BCUT2D eigenvalue weighted by atomic mass is 35.5. The van der Waals surface area contributed by atoms with Crippen LogP contribution in [-0.2, 0) is 9.59 Å². The first-order valence-corrected chi connectivity index (χ1v) is 11.4. The minimum absolute atomic E-state index is 0.153. The number of allylic oxidation sites excluding steroid dienone is 2. The van der Waals surface area contributed by atoms with Crippen molar-refractivity contribution in [3.05, 3.63) is 76.8 Å². The van der Waals surface area contributed by atoms with Crippen molar-refractivity contribution in [3.63, 3.8) is 0 Å². The van der Waals surface area contributed by atoms with E-state index in [0.717, 1.165) is 10.0 Å². The summed E-state index contributed by atoms with van der Waals surface area (Å²) in [6.45, 7) is 3.39. The molecule has 0 bridgehead atoms. The maximum absolute atomic E-state index is 13.6. The molecule has 8 heteroatoms. The van der Waals surface area contributed by atoms with E-state index >= 15 is 0 Å². The highest BCUT2D eigenvalue weighted by Gasteiger charge is 2.54. The van der Waals surface area contributed by atoms with E-state index in [1.54, 1.807) is 36.4 Å². The van der Waals surface area contributed by atoms with Gasteiger partial charge in [-0.25, -0.2) is 5.01 Å². The Labute approximate surface area is 202 Å². The van der Waals surface area contributed by atoms with Gasteiger partial charge in [-0.05, 0) is 67.8 Å². The zero-order valence-electron chi connectivity index (χ0n) is 19.1. The van der Waals surface area contributed by atoms with Crippen LogP contribution in [0.2, 0.25) is 5.02 Å². The normalized spacial score (nSPS) is 22.4. The van der Waals surface area contributed by atoms with Crippen molar-refractivity contribution < 1.29 is 23.9 Å². The van der Waals surface area contributed by atoms with Crippen LogP contribution in [0.25, 0.3) is 0 Å². The lowest BCUT2D eigenvalue weighted by Crippen LogP contribution is -2.56. The fraction of sp³-hybridized carbons (Fsp3) is 0.308. The largest absolute Gasteiger partial charge is 0.497 e. The number of ether oxygens (including phenoxy) is 1. The summed E-state index contributed by atoms with van der Waals surface area (Å²) < 4.78 is 5.15. The second-order valence-electron chi connectivity index (χ2n) is 8.57. The number of rotatable bonds is 6. The number of ketones is 1. The number of hydrogen-bond donors (Lipinski definition) is 0. The summed E-state index contributed by atoms with van der Waals surface area (Å²) in [7, 11) is 1.52. The van der Waals surface area contributed by atoms with Gasteiger partial charge in [0.25, 0.3) is 17.7 Å². The molecular weight excluding hydrogens is 456 g/mol. The van der Waals surface area contributed by atoms with E-state index in [1.165, 1.54) is 26.2 Å². The molecule has 7 nitrogen and oxygen atoms in total. The van der Waals surface area contributed by atoms with Gasteiger partial charge in [-0.1, -0.05) is 30.7 Å². The SMILES string of the molecule is COc1ccc(C(=O)[C@H](C)N(C(=O)c2ccc(Cl)cc2)N2C(=O)[C@@H]3[C@@H](C)C=CC[C@H]3C2=O)cc1. The molecule has 0 unspecified atom stereocenters. The summed E-state index contributed by atoms with van der Waals surface area (Å²) in [5.74, 6) is -2.68. The lowest BCUT2D eigenvalue weighted by Gasteiger charge is -2.34. The molecule has 1 saturated heterocycles. The van der Waals surface area contributed by atoms with E-state index in [4.69, 9.17) is 16.3 Å². The minimum Gasteiger partial charge on any atom is -0.497 e. The quantitative estimate of drug-likeness (QED) is 0.352. The first-order valence-electron chi connectivity index (χ1n) is 11.1. The Morgan fingerprint density at radius 2 is 1.65 bits per heavy atom. The van der Waals surface area contributed by atoms with Gasteiger partial charge in [-0.2, -0.15) is 5.01 Å². The van der Waals surface area contributed by atoms with Gasteiger partial charge in [0.2, 0.25) is 0 Å². The molecule has 0 saturated carbocycles. The number of carbonyl (C=O) groups excluding carboxylic acids is 4. The van der Waals surface area contributed by atoms with Crippen LogP contribution in [-0.4, -0.2) is 46.7 Å². The Hall–Kier alpha value is -3.45. The number of nitrogens with zero attached hydrogens (tertiary/aromatic N) is 2. The molecule has 1 aliphatic carbocycles. The van der Waals surface area contributed by atoms with Crippen LogP contribution in [0.4, 0.5) is 0 Å². The molecule has 176 valence electrons. The number of benzene rings is 2. The number of fused-ring (bicyclic) bond motifs is 1. The molecule has 0 N–H and O–H groups in total. The Kier molecular flexibility index (Phi) is 6.57. The van der Waals surface area contributed by atoms with Gasteiger partial charge in [0.1, 0.15) is 11.8 Å². The van der Waals surface area contributed by atoms with Gasteiger partial charge in [0, 0.05) is 16.1 Å². The van der Waals surface area contributed by atoms with E-state index in [2.05, 4.69) is 0 Å². The lowest BCUT2D eigenvalue weighted by atomic mass is 9.78. The van der Waals surface area contributed by atoms with Crippen LogP contribution >= 0.6 is 11.6 Å². The Morgan fingerprint density at radius 3 is 2.24 bits per heavy atom. The second kappa shape index (κ2) is 9.43. The molecule has 1 heterocycles. The fourth-order valence-electron chi connectivity index (χ4n) is 4.62. The lowest BCUT2D eigenvalue weighted by molar-refractivity contribution is -0.156. The van der Waals surface area contributed by atoms with E-state index in [0.29, 0.717) is 22.8 Å². The molecule has 1 aliphatic heterocycles. The van der Waals surface area contributed by atoms with Crippen molar-refractivity contribution in [1.82, 2.24) is 10.0 Å². The van der Waals surface area contributed by atoms with Crippen LogP contribution in [0.3, 0.4) is 0 Å². The monoisotopic (exact) mass is 480 g/mol. The number of hydrogen-bond acceptors (Lipinski definition) is 5. The standard InChI is InChI=1S/C26H25ClN2O5/c1-15-5-4-6-21-22(15)26(33)29(25(21)32)28(24(31)18-7-11-19(27)12-8-18)16(2)23(30)17-9-13-20(34-3)14-10-17/h4-5,7-16,21-22H,6H2,1-3H3/t15-,16-,21+,22+/m0/s1. The van der Waals surface area contributed by atoms with Gasteiger partial charge < -0.3 is 4.74 Å². The Balaban J connectivity index is 1.74. The molecule has 4 atom stereocenters. The number of methoxy groups -OCH3 is 1. The van der Waals surface area contributed by atoms with E-state index in [9.17, 15) is 19.2 Å². The van der Waals surface area contributed by atoms with Crippen LogP contribution in [0.1, 0.15) is 41.0 Å². The molecule has 0 spiro atoms. The average molecular weight is 481 g/mol. The second-order valence-corrected chi connectivity index (χ2v) is 9.01. The molecule has 0 aromatic heterocycles. The first kappa shape index (κ1) is 23.7. The third kappa shape index (κ3) is 4.12. The third-order valence-corrected chi connectivity index (χ3v) is 6.74. The van der Waals surface area contributed by atoms with Crippen LogP contribution < -0.4 is 4.74 Å². The minimum atomic E-state index is -1.12. The summed E-state index contributed by atoms with van der Waals surface area (Å²) in [6, 6.07) is 11.4. The zero-order valence-corrected chi connectivity index (χ0v) is 19.9. The highest BCUT2D eigenvalue weighted by molar-refractivity contribution is 6.30. The summed E-state index contributed by atoms with van der Waals surface area (Å²) >= 11 is 5.97. The molecule has 4 rings (SSSR count). The topological polar surface area (TPSA) is 84.0 Å². The summed E-state index contributed by atoms with van der Waals surface area (Å²) in [5, 5.41) is 2.33. The Bertz CT molecular complexity index is 1160. The molecule has 2 aromatic carbocycles. The predicted molar refractivity (Wildman–Crippen MR) is 126 cm³/mol. The van der Waals surface area contributed by atoms with Crippen molar-refractivity contribution in [1.29, 1.82) is 0 Å². The Morgan fingerprint density at radius 1 is 1.03 bits per heavy atom. The van der Waals surface area contributed by atoms with Crippen LogP contribution in [0, 0.1) is 17.8 Å². The summed E-state index contributed by atoms with van der Waals surface area (Å²) in [5.41, 5.74) is 0.536. The molecule has 2 aliphatic rings. The number of carbonyl (C=O) groups is 4. The van der Waals surface area contributed by atoms with E-state index in [1.807, 2.05) is 19.1 Å². The highest BCUT2D eigenvalue weighted by Crippen LogP contribution is 2.40. The number of halogens is 1. The van der Waals surface area contributed by atoms with E-state index < -0.39 is 41.4 Å². The smallest absolute Gasteiger partial charge is 0.273 e. The average Bonchev–Trinajstić information content (AvgIpc) is 3.10. The summed E-state index contributed by atoms with van der Waals surface area (Å²) in [6.07, 6.45) is 4.21. The van der Waals surface area contributed by atoms with E-state index in [-0.39, 0.29) is 11.5 Å². The molecule has 2 aromatic rings. The summed E-state index contributed by atoms with van der Waals surface area (Å²) in [4.78, 5) is 53.9. The fourth-order valence-corrected chi connectivity index (χ4v) is 4.74. The first-order chi connectivity index (χ1) is 16.2. The maximum atomic E-state index is 13.6. The van der Waals surface area contributed by atoms with Crippen molar-refractivity contribution >= 4 is 35.1 Å². The van der Waals surface area contributed by atoms with Gasteiger partial charge in [0.05, 0.1) is 18.9 Å². The number of Topliss-reactive ketones (excluding diaryl/α,β-unsaturated/α-hetero) is 1. The van der Waals surface area contributed by atoms with Crippen molar-refractivity contribution in [2.24, 2.45) is 17.8 Å². The van der Waals surface area contributed by atoms with Crippen molar-refractivity contribution in [3.8, 4) is 5.75 Å².